The fraction of sp³-hybridized carbons (Fsp3) is 0.286. The minimum Gasteiger partial charge on any atom is -0.465 e. The van der Waals surface area contributed by atoms with E-state index in [9.17, 15) is 4.79 Å². The zero-order chi connectivity index (χ0) is 13.8. The Balaban J connectivity index is 2.17. The van der Waals surface area contributed by atoms with Gasteiger partial charge in [-0.3, -0.25) is 0 Å². The first kappa shape index (κ1) is 13.1. The monoisotopic (exact) mass is 259 g/mol. The van der Waals surface area contributed by atoms with Crippen molar-refractivity contribution in [1.29, 1.82) is 0 Å². The Morgan fingerprint density at radius 3 is 2.89 bits per heavy atom. The Morgan fingerprint density at radius 2 is 2.26 bits per heavy atom. The number of imidazole rings is 1. The molecule has 0 aliphatic rings. The molecule has 0 unspecified atom stereocenters. The number of carbonyl (C=O) groups is 1. The van der Waals surface area contributed by atoms with Crippen LogP contribution in [-0.2, 0) is 18.3 Å². The molecular weight excluding hydrogens is 242 g/mol. The van der Waals surface area contributed by atoms with Gasteiger partial charge in [0.25, 0.3) is 0 Å². The van der Waals surface area contributed by atoms with Crippen LogP contribution in [0.2, 0.25) is 0 Å². The summed E-state index contributed by atoms with van der Waals surface area (Å²) in [5.41, 5.74) is 3.46. The Kier molecular flexibility index (Phi) is 3.85. The van der Waals surface area contributed by atoms with Gasteiger partial charge in [0.1, 0.15) is 0 Å². The molecule has 2 rings (SSSR count). The van der Waals surface area contributed by atoms with E-state index >= 15 is 0 Å². The molecule has 1 N–H and O–H groups in total. The first-order valence-corrected chi connectivity index (χ1v) is 6.00. The first-order chi connectivity index (χ1) is 9.13. The number of esters is 1. The molecule has 0 fully saturated rings. The lowest BCUT2D eigenvalue weighted by Gasteiger charge is -2.12. The summed E-state index contributed by atoms with van der Waals surface area (Å²) in [6, 6.07) is 5.54. The summed E-state index contributed by atoms with van der Waals surface area (Å²) in [6.07, 6.45) is 3.57. The molecule has 0 saturated carbocycles. The molecule has 1 aromatic heterocycles. The van der Waals surface area contributed by atoms with E-state index in [4.69, 9.17) is 4.74 Å². The standard InChI is InChI=1S/C14H17N3O2/c1-10-12(14(18)19-3)5-4-6-13(10)16-8-11-7-15-9-17(11)2/h4-7,9,16H,8H2,1-3H3. The van der Waals surface area contributed by atoms with Crippen molar-refractivity contribution >= 4 is 11.7 Å². The van der Waals surface area contributed by atoms with Crippen molar-refractivity contribution < 1.29 is 9.53 Å². The van der Waals surface area contributed by atoms with E-state index in [0.717, 1.165) is 16.9 Å². The maximum absolute atomic E-state index is 11.6. The van der Waals surface area contributed by atoms with Crippen LogP contribution in [0.25, 0.3) is 0 Å². The maximum atomic E-state index is 11.6. The van der Waals surface area contributed by atoms with Crippen molar-refractivity contribution in [2.24, 2.45) is 7.05 Å². The minimum atomic E-state index is -0.318. The van der Waals surface area contributed by atoms with E-state index in [1.165, 1.54) is 7.11 Å². The largest absolute Gasteiger partial charge is 0.465 e. The molecule has 1 aromatic carbocycles. The number of nitrogens with zero attached hydrogens (tertiary/aromatic N) is 2. The number of ether oxygens (including phenoxy) is 1. The quantitative estimate of drug-likeness (QED) is 0.855. The summed E-state index contributed by atoms with van der Waals surface area (Å²) < 4.78 is 6.71. The highest BCUT2D eigenvalue weighted by Crippen LogP contribution is 2.20. The van der Waals surface area contributed by atoms with Gasteiger partial charge >= 0.3 is 5.97 Å². The van der Waals surface area contributed by atoms with Crippen LogP contribution in [0.5, 0.6) is 0 Å². The van der Waals surface area contributed by atoms with Gasteiger partial charge in [0.2, 0.25) is 0 Å². The van der Waals surface area contributed by atoms with Crippen molar-refractivity contribution in [3.8, 4) is 0 Å². The van der Waals surface area contributed by atoms with Crippen LogP contribution in [0.4, 0.5) is 5.69 Å². The normalized spacial score (nSPS) is 10.3. The molecule has 0 spiro atoms. The van der Waals surface area contributed by atoms with Gasteiger partial charge in [-0.1, -0.05) is 6.07 Å². The average molecular weight is 259 g/mol. The maximum Gasteiger partial charge on any atom is 0.338 e. The molecule has 19 heavy (non-hydrogen) atoms. The summed E-state index contributed by atoms with van der Waals surface area (Å²) >= 11 is 0. The summed E-state index contributed by atoms with van der Waals surface area (Å²) in [5, 5.41) is 3.31. The number of hydrogen-bond acceptors (Lipinski definition) is 4. The molecule has 0 atom stereocenters. The molecule has 0 radical (unpaired) electrons. The van der Waals surface area contributed by atoms with E-state index in [1.807, 2.05) is 36.9 Å². The third-order valence-corrected chi connectivity index (χ3v) is 3.12. The van der Waals surface area contributed by atoms with Gasteiger partial charge in [-0.25, -0.2) is 9.78 Å². The van der Waals surface area contributed by atoms with Gasteiger partial charge in [0.05, 0.1) is 31.2 Å². The van der Waals surface area contributed by atoms with E-state index < -0.39 is 0 Å². The third kappa shape index (κ3) is 2.76. The topological polar surface area (TPSA) is 56.1 Å². The van der Waals surface area contributed by atoms with Crippen LogP contribution >= 0.6 is 0 Å². The van der Waals surface area contributed by atoms with Gasteiger partial charge < -0.3 is 14.6 Å². The second-order valence-corrected chi connectivity index (χ2v) is 4.32. The number of benzene rings is 1. The zero-order valence-electron chi connectivity index (χ0n) is 11.3. The van der Waals surface area contributed by atoms with Crippen molar-refractivity contribution in [3.63, 3.8) is 0 Å². The predicted octanol–water partition coefficient (Wildman–Crippen LogP) is 2.13. The zero-order valence-corrected chi connectivity index (χ0v) is 11.3. The summed E-state index contributed by atoms with van der Waals surface area (Å²) in [6.45, 7) is 2.56. The summed E-state index contributed by atoms with van der Waals surface area (Å²) in [7, 11) is 3.33. The Bertz CT molecular complexity index is 590. The van der Waals surface area contributed by atoms with E-state index in [2.05, 4.69) is 10.3 Å². The van der Waals surface area contributed by atoms with Gasteiger partial charge in [-0.05, 0) is 24.6 Å². The minimum absolute atomic E-state index is 0.318. The van der Waals surface area contributed by atoms with Crippen LogP contribution in [0, 0.1) is 6.92 Å². The number of aromatic nitrogens is 2. The lowest BCUT2D eigenvalue weighted by molar-refractivity contribution is 0.0600. The number of rotatable bonds is 4. The molecule has 100 valence electrons. The molecule has 0 aliphatic carbocycles. The van der Waals surface area contributed by atoms with E-state index in [-0.39, 0.29) is 5.97 Å². The molecule has 0 amide bonds. The molecule has 0 saturated heterocycles. The smallest absolute Gasteiger partial charge is 0.338 e. The van der Waals surface area contributed by atoms with Gasteiger partial charge in [0.15, 0.2) is 0 Å². The molecule has 5 nitrogen and oxygen atoms in total. The number of anilines is 1. The lowest BCUT2D eigenvalue weighted by atomic mass is 10.1. The van der Waals surface area contributed by atoms with Gasteiger partial charge in [-0.15, -0.1) is 0 Å². The number of hydrogen-bond donors (Lipinski definition) is 1. The van der Waals surface area contributed by atoms with Crippen molar-refractivity contribution in [3.05, 3.63) is 47.5 Å². The fourth-order valence-corrected chi connectivity index (χ4v) is 1.90. The highest BCUT2D eigenvalue weighted by molar-refractivity contribution is 5.92. The fourth-order valence-electron chi connectivity index (χ4n) is 1.90. The molecule has 0 aliphatic heterocycles. The van der Waals surface area contributed by atoms with E-state index in [1.54, 1.807) is 12.4 Å². The van der Waals surface area contributed by atoms with Gasteiger partial charge in [0, 0.05) is 18.9 Å². The average Bonchev–Trinajstić information content (AvgIpc) is 2.82. The van der Waals surface area contributed by atoms with Crippen LogP contribution in [0.15, 0.2) is 30.7 Å². The Hall–Kier alpha value is -2.30. The lowest BCUT2D eigenvalue weighted by Crippen LogP contribution is -2.08. The van der Waals surface area contributed by atoms with Crippen molar-refractivity contribution in [2.75, 3.05) is 12.4 Å². The van der Waals surface area contributed by atoms with Gasteiger partial charge in [-0.2, -0.15) is 0 Å². The van der Waals surface area contributed by atoms with Crippen molar-refractivity contribution in [2.45, 2.75) is 13.5 Å². The third-order valence-electron chi connectivity index (χ3n) is 3.12. The first-order valence-electron chi connectivity index (χ1n) is 6.00. The van der Waals surface area contributed by atoms with Crippen LogP contribution in [0.1, 0.15) is 21.6 Å². The van der Waals surface area contributed by atoms with Crippen LogP contribution in [0.3, 0.4) is 0 Å². The SMILES string of the molecule is COC(=O)c1cccc(NCc2cncn2C)c1C. The van der Waals surface area contributed by atoms with Crippen LogP contribution < -0.4 is 5.32 Å². The molecule has 2 aromatic rings. The van der Waals surface area contributed by atoms with E-state index in [0.29, 0.717) is 12.1 Å². The van der Waals surface area contributed by atoms with Crippen LogP contribution in [-0.4, -0.2) is 22.6 Å². The second kappa shape index (κ2) is 5.56. The molecular formula is C14H17N3O2. The predicted molar refractivity (Wildman–Crippen MR) is 73.1 cm³/mol. The molecule has 5 heteroatoms. The highest BCUT2D eigenvalue weighted by Gasteiger charge is 2.11. The summed E-state index contributed by atoms with van der Waals surface area (Å²) in [5.74, 6) is -0.318. The van der Waals surface area contributed by atoms with Crippen molar-refractivity contribution in [1.82, 2.24) is 9.55 Å². The Labute approximate surface area is 112 Å². The number of aryl methyl sites for hydroxylation is 1. The number of carbonyl (C=O) groups excluding carboxylic acids is 1. The molecule has 0 bridgehead atoms. The summed E-state index contributed by atoms with van der Waals surface area (Å²) in [4.78, 5) is 15.7. The second-order valence-electron chi connectivity index (χ2n) is 4.32. The highest BCUT2D eigenvalue weighted by atomic mass is 16.5. The Morgan fingerprint density at radius 1 is 1.47 bits per heavy atom. The molecule has 1 heterocycles. The number of methoxy groups -OCH3 is 1. The number of nitrogens with one attached hydrogen (secondary N) is 1.